The molecule has 0 unspecified atom stereocenters. The molecule has 9 aromatic carbocycles. The van der Waals surface area contributed by atoms with Gasteiger partial charge in [0.15, 0.2) is 0 Å². The molecule has 2 aromatic heterocycles. The standard InChI is InChI=1S/C52H32N2/c1-3-13-37-29-39(27-21-33(37)11-1)45-31-47-46(35-23-25-36(26-24-35)51-43-17-7-9-19-48(43)53-49-20-10-8-18-44(49)51)32-50(54-52(47)42-16-6-5-15-41(42)45)40-28-22-34-12-2-4-14-38(34)30-40/h1-32H. The van der Waals surface area contributed by atoms with Crippen molar-refractivity contribution in [2.24, 2.45) is 0 Å². The molecule has 250 valence electrons. The Bertz CT molecular complexity index is 3210. The van der Waals surface area contributed by atoms with Crippen LogP contribution in [0, 0.1) is 0 Å². The first-order chi connectivity index (χ1) is 26.7. The van der Waals surface area contributed by atoms with Crippen molar-refractivity contribution in [2.75, 3.05) is 0 Å². The summed E-state index contributed by atoms with van der Waals surface area (Å²) in [6, 6.07) is 70.0. The van der Waals surface area contributed by atoms with Gasteiger partial charge in [-0.25, -0.2) is 9.97 Å². The van der Waals surface area contributed by atoms with Gasteiger partial charge in [0.05, 0.1) is 22.2 Å². The first-order valence-corrected chi connectivity index (χ1v) is 18.5. The monoisotopic (exact) mass is 684 g/mol. The first kappa shape index (κ1) is 30.5. The second-order valence-corrected chi connectivity index (χ2v) is 14.1. The van der Waals surface area contributed by atoms with Gasteiger partial charge < -0.3 is 0 Å². The summed E-state index contributed by atoms with van der Waals surface area (Å²) >= 11 is 0. The molecule has 2 heteroatoms. The second kappa shape index (κ2) is 12.2. The van der Waals surface area contributed by atoms with Crippen LogP contribution in [0.4, 0.5) is 0 Å². The van der Waals surface area contributed by atoms with Gasteiger partial charge in [-0.1, -0.05) is 158 Å². The van der Waals surface area contributed by atoms with Crippen LogP contribution in [-0.4, -0.2) is 9.97 Å². The zero-order valence-corrected chi connectivity index (χ0v) is 29.4. The van der Waals surface area contributed by atoms with Crippen molar-refractivity contribution in [1.82, 2.24) is 9.97 Å². The van der Waals surface area contributed by atoms with Gasteiger partial charge in [0, 0.05) is 32.7 Å². The van der Waals surface area contributed by atoms with Crippen LogP contribution in [0.1, 0.15) is 0 Å². The van der Waals surface area contributed by atoms with Crippen LogP contribution in [0.15, 0.2) is 194 Å². The molecule has 54 heavy (non-hydrogen) atoms. The van der Waals surface area contributed by atoms with Gasteiger partial charge in [0.25, 0.3) is 0 Å². The van der Waals surface area contributed by atoms with Gasteiger partial charge in [0.1, 0.15) is 0 Å². The van der Waals surface area contributed by atoms with Gasteiger partial charge in [-0.05, 0) is 91.1 Å². The SMILES string of the molecule is c1ccc2cc(-c3cc(-c4ccc(-c5c6ccccc6nc6ccccc56)cc4)c4cc(-c5ccc6ccccc6c5)c5ccccc5c4n3)ccc2c1. The molecule has 0 amide bonds. The van der Waals surface area contributed by atoms with E-state index in [0.29, 0.717) is 0 Å². The highest BCUT2D eigenvalue weighted by Crippen LogP contribution is 2.42. The second-order valence-electron chi connectivity index (χ2n) is 14.1. The quantitative estimate of drug-likeness (QED) is 0.136. The Morgan fingerprint density at radius 3 is 1.43 bits per heavy atom. The van der Waals surface area contributed by atoms with Gasteiger partial charge in [0.2, 0.25) is 0 Å². The van der Waals surface area contributed by atoms with Crippen LogP contribution in [-0.2, 0) is 0 Å². The maximum Gasteiger partial charge on any atom is 0.0794 e. The van der Waals surface area contributed by atoms with Gasteiger partial charge in [-0.15, -0.1) is 0 Å². The van der Waals surface area contributed by atoms with E-state index in [-0.39, 0.29) is 0 Å². The van der Waals surface area contributed by atoms with Crippen molar-refractivity contribution >= 4 is 65.0 Å². The lowest BCUT2D eigenvalue weighted by Crippen LogP contribution is -1.94. The molecule has 0 aliphatic rings. The number of hydrogen-bond acceptors (Lipinski definition) is 2. The van der Waals surface area contributed by atoms with E-state index in [9.17, 15) is 0 Å². The number of rotatable bonds is 4. The molecule has 0 aliphatic carbocycles. The molecule has 2 heterocycles. The molecule has 0 fully saturated rings. The van der Waals surface area contributed by atoms with Crippen molar-refractivity contribution in [3.8, 4) is 44.6 Å². The minimum Gasteiger partial charge on any atom is -0.248 e. The van der Waals surface area contributed by atoms with Crippen LogP contribution in [0.25, 0.3) is 110 Å². The minimum absolute atomic E-state index is 0.960. The van der Waals surface area contributed by atoms with Gasteiger partial charge in [-0.2, -0.15) is 0 Å². The molecule has 0 radical (unpaired) electrons. The maximum absolute atomic E-state index is 5.48. The summed E-state index contributed by atoms with van der Waals surface area (Å²) in [5.41, 5.74) is 12.2. The van der Waals surface area contributed by atoms with Crippen molar-refractivity contribution in [3.05, 3.63) is 194 Å². The molecule has 0 atom stereocenters. The summed E-state index contributed by atoms with van der Waals surface area (Å²) in [6.07, 6.45) is 0. The largest absolute Gasteiger partial charge is 0.248 e. The van der Waals surface area contributed by atoms with E-state index in [1.54, 1.807) is 0 Å². The van der Waals surface area contributed by atoms with E-state index in [4.69, 9.17) is 9.97 Å². The summed E-state index contributed by atoms with van der Waals surface area (Å²) in [7, 11) is 0. The normalized spacial score (nSPS) is 11.7. The number of benzene rings is 9. The van der Waals surface area contributed by atoms with Crippen molar-refractivity contribution in [1.29, 1.82) is 0 Å². The van der Waals surface area contributed by atoms with E-state index in [0.717, 1.165) is 60.5 Å². The minimum atomic E-state index is 0.960. The Morgan fingerprint density at radius 1 is 0.278 bits per heavy atom. The molecule has 2 nitrogen and oxygen atoms in total. The average molecular weight is 685 g/mol. The Labute approximate surface area is 312 Å². The molecular weight excluding hydrogens is 653 g/mol. The fraction of sp³-hybridized carbons (Fsp3) is 0. The number of pyridine rings is 2. The van der Waals surface area contributed by atoms with E-state index < -0.39 is 0 Å². The number of aromatic nitrogens is 2. The third-order valence-electron chi connectivity index (χ3n) is 11.0. The zero-order chi connectivity index (χ0) is 35.6. The third-order valence-corrected chi connectivity index (χ3v) is 11.0. The first-order valence-electron chi connectivity index (χ1n) is 18.5. The third kappa shape index (κ3) is 4.96. The molecule has 0 saturated carbocycles. The Kier molecular flexibility index (Phi) is 6.90. The molecular formula is C52H32N2. The molecule has 0 N–H and O–H groups in total. The Morgan fingerprint density at radius 2 is 0.759 bits per heavy atom. The van der Waals surface area contributed by atoms with Gasteiger partial charge in [-0.3, -0.25) is 0 Å². The number of nitrogens with zero attached hydrogens (tertiary/aromatic N) is 2. The average Bonchev–Trinajstić information content (AvgIpc) is 3.24. The topological polar surface area (TPSA) is 25.8 Å². The van der Waals surface area contributed by atoms with Crippen LogP contribution in [0.2, 0.25) is 0 Å². The fourth-order valence-corrected chi connectivity index (χ4v) is 8.35. The van der Waals surface area contributed by atoms with Crippen LogP contribution >= 0.6 is 0 Å². The van der Waals surface area contributed by atoms with Crippen LogP contribution in [0.3, 0.4) is 0 Å². The lowest BCUT2D eigenvalue weighted by Gasteiger charge is -2.17. The highest BCUT2D eigenvalue weighted by atomic mass is 14.7. The molecule has 0 spiro atoms. The summed E-state index contributed by atoms with van der Waals surface area (Å²) in [5, 5.41) is 10.7. The fourth-order valence-electron chi connectivity index (χ4n) is 8.35. The van der Waals surface area contributed by atoms with E-state index >= 15 is 0 Å². The summed E-state index contributed by atoms with van der Waals surface area (Å²) in [6.45, 7) is 0. The predicted molar refractivity (Wildman–Crippen MR) is 229 cm³/mol. The lowest BCUT2D eigenvalue weighted by atomic mass is 9.89. The maximum atomic E-state index is 5.48. The number of para-hydroxylation sites is 2. The smallest absolute Gasteiger partial charge is 0.0794 e. The molecule has 11 aromatic rings. The predicted octanol–water partition coefficient (Wildman–Crippen LogP) is 14.1. The molecule has 0 bridgehead atoms. The van der Waals surface area contributed by atoms with E-state index in [1.807, 2.05) is 0 Å². The van der Waals surface area contributed by atoms with Crippen LogP contribution in [0.5, 0.6) is 0 Å². The number of fused-ring (bicyclic) bond motifs is 7. The van der Waals surface area contributed by atoms with E-state index in [1.165, 1.54) is 49.2 Å². The Balaban J connectivity index is 1.17. The summed E-state index contributed by atoms with van der Waals surface area (Å²) in [5.74, 6) is 0. The summed E-state index contributed by atoms with van der Waals surface area (Å²) < 4.78 is 0. The molecule has 0 saturated heterocycles. The lowest BCUT2D eigenvalue weighted by molar-refractivity contribution is 1.41. The Hall–Kier alpha value is -7.16. The number of hydrogen-bond donors (Lipinski definition) is 0. The van der Waals surface area contributed by atoms with Gasteiger partial charge >= 0.3 is 0 Å². The van der Waals surface area contributed by atoms with E-state index in [2.05, 4.69) is 194 Å². The zero-order valence-electron chi connectivity index (χ0n) is 29.4. The van der Waals surface area contributed by atoms with Crippen molar-refractivity contribution < 1.29 is 0 Å². The van der Waals surface area contributed by atoms with Crippen molar-refractivity contribution in [2.45, 2.75) is 0 Å². The molecule has 11 rings (SSSR count). The van der Waals surface area contributed by atoms with Crippen molar-refractivity contribution in [3.63, 3.8) is 0 Å². The highest BCUT2D eigenvalue weighted by molar-refractivity contribution is 6.17. The molecule has 0 aliphatic heterocycles. The highest BCUT2D eigenvalue weighted by Gasteiger charge is 2.17. The van der Waals surface area contributed by atoms with Crippen LogP contribution < -0.4 is 0 Å². The summed E-state index contributed by atoms with van der Waals surface area (Å²) in [4.78, 5) is 10.5.